The van der Waals surface area contributed by atoms with E-state index in [9.17, 15) is 4.79 Å². The summed E-state index contributed by atoms with van der Waals surface area (Å²) in [5.74, 6) is 0.244. The van der Waals surface area contributed by atoms with Crippen molar-refractivity contribution in [2.45, 2.75) is 56.9 Å². The summed E-state index contributed by atoms with van der Waals surface area (Å²) in [4.78, 5) is 17.8. The summed E-state index contributed by atoms with van der Waals surface area (Å²) in [6, 6.07) is 8.06. The molecule has 0 spiro atoms. The number of amides is 1. The molecule has 1 aromatic carbocycles. The smallest absolute Gasteiger partial charge is 0.254 e. The average Bonchev–Trinajstić information content (AvgIpc) is 3.08. The SMILES string of the molecule is O=C1c2cccc(CN3C4CCC3CNC4)c2CN1C1CCCNC1. The van der Waals surface area contributed by atoms with Crippen molar-refractivity contribution in [3.8, 4) is 0 Å². The zero-order valence-electron chi connectivity index (χ0n) is 14.8. The van der Waals surface area contributed by atoms with E-state index in [-0.39, 0.29) is 5.91 Å². The van der Waals surface area contributed by atoms with Crippen molar-refractivity contribution in [3.63, 3.8) is 0 Å². The van der Waals surface area contributed by atoms with Gasteiger partial charge in [0.05, 0.1) is 0 Å². The molecule has 0 aliphatic carbocycles. The summed E-state index contributed by atoms with van der Waals surface area (Å²) in [6.07, 6.45) is 4.92. The normalized spacial score (nSPS) is 32.2. The second kappa shape index (κ2) is 6.38. The van der Waals surface area contributed by atoms with Crippen molar-refractivity contribution < 1.29 is 4.79 Å². The highest BCUT2D eigenvalue weighted by Crippen LogP contribution is 2.33. The molecule has 3 atom stereocenters. The molecule has 1 amide bonds. The number of nitrogens with one attached hydrogen (secondary N) is 2. The zero-order chi connectivity index (χ0) is 16.8. The molecule has 2 bridgehead atoms. The Morgan fingerprint density at radius 3 is 2.56 bits per heavy atom. The van der Waals surface area contributed by atoms with E-state index in [4.69, 9.17) is 0 Å². The maximum atomic E-state index is 13.0. The van der Waals surface area contributed by atoms with Crippen molar-refractivity contribution in [3.05, 3.63) is 34.9 Å². The minimum absolute atomic E-state index is 0.244. The van der Waals surface area contributed by atoms with E-state index in [2.05, 4.69) is 32.6 Å². The Morgan fingerprint density at radius 2 is 1.80 bits per heavy atom. The van der Waals surface area contributed by atoms with Gasteiger partial charge in [-0.3, -0.25) is 9.69 Å². The number of carbonyl (C=O) groups is 1. The largest absolute Gasteiger partial charge is 0.330 e. The highest BCUT2D eigenvalue weighted by molar-refractivity contribution is 5.99. The van der Waals surface area contributed by atoms with Crippen LogP contribution in [0.2, 0.25) is 0 Å². The van der Waals surface area contributed by atoms with Gasteiger partial charge in [0.2, 0.25) is 0 Å². The van der Waals surface area contributed by atoms with Gasteiger partial charge in [-0.25, -0.2) is 0 Å². The number of nitrogens with zero attached hydrogens (tertiary/aromatic N) is 2. The minimum atomic E-state index is 0.244. The number of rotatable bonds is 3. The van der Waals surface area contributed by atoms with Gasteiger partial charge in [0.1, 0.15) is 0 Å². The van der Waals surface area contributed by atoms with Crippen molar-refractivity contribution in [1.29, 1.82) is 0 Å². The topological polar surface area (TPSA) is 47.6 Å². The number of carbonyl (C=O) groups excluding carboxylic acids is 1. The number of benzene rings is 1. The van der Waals surface area contributed by atoms with E-state index in [0.29, 0.717) is 18.1 Å². The first-order chi connectivity index (χ1) is 12.3. The van der Waals surface area contributed by atoms with Crippen LogP contribution in [0, 0.1) is 0 Å². The molecule has 4 heterocycles. The van der Waals surface area contributed by atoms with Gasteiger partial charge in [-0.1, -0.05) is 12.1 Å². The van der Waals surface area contributed by atoms with Crippen LogP contribution in [-0.2, 0) is 13.1 Å². The molecule has 5 heteroatoms. The maximum Gasteiger partial charge on any atom is 0.254 e. The fourth-order valence-corrected chi connectivity index (χ4v) is 5.29. The Kier molecular flexibility index (Phi) is 4.03. The quantitative estimate of drug-likeness (QED) is 0.872. The van der Waals surface area contributed by atoms with Crippen LogP contribution in [0.25, 0.3) is 0 Å². The summed E-state index contributed by atoms with van der Waals surface area (Å²) < 4.78 is 0. The van der Waals surface area contributed by atoms with Crippen molar-refractivity contribution in [2.24, 2.45) is 0 Å². The molecule has 0 saturated carbocycles. The molecule has 4 aliphatic rings. The van der Waals surface area contributed by atoms with Gasteiger partial charge in [-0.2, -0.15) is 0 Å². The predicted molar refractivity (Wildman–Crippen MR) is 97.4 cm³/mol. The Bertz CT molecular complexity index is 654. The van der Waals surface area contributed by atoms with Crippen LogP contribution in [0.4, 0.5) is 0 Å². The molecule has 1 aromatic rings. The van der Waals surface area contributed by atoms with Gasteiger partial charge < -0.3 is 15.5 Å². The lowest BCUT2D eigenvalue weighted by molar-refractivity contribution is 0.0674. The first kappa shape index (κ1) is 15.8. The van der Waals surface area contributed by atoms with Crippen LogP contribution >= 0.6 is 0 Å². The Hall–Kier alpha value is -1.43. The summed E-state index contributed by atoms with van der Waals surface area (Å²) in [7, 11) is 0. The van der Waals surface area contributed by atoms with Gasteiger partial charge in [0.25, 0.3) is 5.91 Å². The van der Waals surface area contributed by atoms with E-state index in [0.717, 1.165) is 51.3 Å². The molecule has 3 unspecified atom stereocenters. The lowest BCUT2D eigenvalue weighted by Gasteiger charge is -2.35. The summed E-state index contributed by atoms with van der Waals surface area (Å²) in [6.45, 7) is 6.07. The molecule has 0 aromatic heterocycles. The Morgan fingerprint density at radius 1 is 1.00 bits per heavy atom. The Balaban J connectivity index is 1.39. The van der Waals surface area contributed by atoms with Gasteiger partial charge in [0, 0.05) is 56.4 Å². The van der Waals surface area contributed by atoms with Crippen LogP contribution < -0.4 is 10.6 Å². The van der Waals surface area contributed by atoms with Crippen LogP contribution in [0.5, 0.6) is 0 Å². The van der Waals surface area contributed by atoms with E-state index in [1.54, 1.807) is 0 Å². The molecule has 134 valence electrons. The minimum Gasteiger partial charge on any atom is -0.330 e. The van der Waals surface area contributed by atoms with Gasteiger partial charge in [-0.05, 0) is 49.4 Å². The predicted octanol–water partition coefficient (Wildman–Crippen LogP) is 1.33. The molecule has 0 radical (unpaired) electrons. The zero-order valence-corrected chi connectivity index (χ0v) is 14.8. The van der Waals surface area contributed by atoms with Crippen molar-refractivity contribution in [1.82, 2.24) is 20.4 Å². The molecular formula is C20H28N4O. The second-order valence-corrected chi connectivity index (χ2v) is 8.09. The monoisotopic (exact) mass is 340 g/mol. The van der Waals surface area contributed by atoms with Crippen LogP contribution in [0.1, 0.15) is 47.2 Å². The van der Waals surface area contributed by atoms with Gasteiger partial charge in [-0.15, -0.1) is 0 Å². The fraction of sp³-hybridized carbons (Fsp3) is 0.650. The molecular weight excluding hydrogens is 312 g/mol. The number of hydrogen-bond acceptors (Lipinski definition) is 4. The molecule has 3 fully saturated rings. The number of hydrogen-bond donors (Lipinski definition) is 2. The molecule has 5 rings (SSSR count). The lowest BCUT2D eigenvalue weighted by atomic mass is 10.0. The first-order valence-electron chi connectivity index (χ1n) is 9.90. The second-order valence-electron chi connectivity index (χ2n) is 8.09. The highest BCUT2D eigenvalue weighted by atomic mass is 16.2. The maximum absolute atomic E-state index is 13.0. The Labute approximate surface area is 149 Å². The van der Waals surface area contributed by atoms with Gasteiger partial charge >= 0.3 is 0 Å². The summed E-state index contributed by atoms with van der Waals surface area (Å²) in [5, 5.41) is 7.01. The third-order valence-electron chi connectivity index (χ3n) is 6.69. The third kappa shape index (κ3) is 2.69. The summed E-state index contributed by atoms with van der Waals surface area (Å²) in [5.41, 5.74) is 3.61. The highest BCUT2D eigenvalue weighted by Gasteiger charge is 2.38. The first-order valence-corrected chi connectivity index (χ1v) is 9.90. The number of fused-ring (bicyclic) bond motifs is 3. The van der Waals surface area contributed by atoms with E-state index in [1.165, 1.54) is 30.4 Å². The van der Waals surface area contributed by atoms with Crippen LogP contribution in [0.3, 0.4) is 0 Å². The summed E-state index contributed by atoms with van der Waals surface area (Å²) >= 11 is 0. The molecule has 2 N–H and O–H groups in total. The molecule has 4 aliphatic heterocycles. The van der Waals surface area contributed by atoms with Crippen molar-refractivity contribution in [2.75, 3.05) is 26.2 Å². The van der Waals surface area contributed by atoms with E-state index in [1.807, 2.05) is 6.07 Å². The van der Waals surface area contributed by atoms with E-state index < -0.39 is 0 Å². The fourth-order valence-electron chi connectivity index (χ4n) is 5.29. The van der Waals surface area contributed by atoms with Crippen LogP contribution in [0.15, 0.2) is 18.2 Å². The number of piperidine rings is 1. The van der Waals surface area contributed by atoms with Gasteiger partial charge in [0.15, 0.2) is 0 Å². The molecule has 5 nitrogen and oxygen atoms in total. The molecule has 3 saturated heterocycles. The lowest BCUT2D eigenvalue weighted by Crippen LogP contribution is -2.51. The van der Waals surface area contributed by atoms with Crippen molar-refractivity contribution >= 4 is 5.91 Å². The third-order valence-corrected chi connectivity index (χ3v) is 6.69. The average molecular weight is 340 g/mol. The van der Waals surface area contributed by atoms with E-state index >= 15 is 0 Å². The molecule has 25 heavy (non-hydrogen) atoms. The number of piperazine rings is 1. The van der Waals surface area contributed by atoms with Crippen LogP contribution in [-0.4, -0.2) is 60.0 Å². The standard InChI is InChI=1S/C20H28N4O/c25-20-18-5-1-3-14(12-23-16-6-7-17(23)11-22-10-16)19(18)13-24(20)15-4-2-8-21-9-15/h1,3,5,15-17,21-22H,2,4,6-13H2.